The maximum atomic E-state index is 13.6. The Morgan fingerprint density at radius 2 is 0.818 bits per heavy atom. The average Bonchev–Trinajstić information content (AvgIpc) is 2.61. The monoisotopic (exact) mass is 527 g/mol. The molecule has 1 aromatic carbocycles. The number of hydrogen-bond donors (Lipinski definition) is 1. The smallest absolute Gasteiger partial charge is 0.426 e. The lowest BCUT2D eigenvalue weighted by atomic mass is 9.90. The van der Waals surface area contributed by atoms with Crippen LogP contribution in [0.2, 0.25) is 0 Å². The second-order valence-corrected chi connectivity index (χ2v) is 6.10. The molecule has 0 radical (unpaired) electrons. The minimum Gasteiger partial charge on any atom is -0.426 e. The summed E-state index contributed by atoms with van der Waals surface area (Å²) in [5.41, 5.74) is 3.88. The summed E-state index contributed by atoms with van der Waals surface area (Å²) in [4.78, 5) is 0. The Morgan fingerprint density at radius 3 is 1.18 bits per heavy atom. The third-order valence-electron chi connectivity index (χ3n) is 3.85. The van der Waals surface area contributed by atoms with Gasteiger partial charge in [0.1, 0.15) is 5.75 Å². The largest absolute Gasteiger partial charge is 0.471 e. The Morgan fingerprint density at radius 1 is 0.485 bits per heavy atom. The van der Waals surface area contributed by atoms with E-state index in [4.69, 9.17) is 5.73 Å². The first-order valence-electron chi connectivity index (χ1n) is 7.49. The van der Waals surface area contributed by atoms with Gasteiger partial charge in [-0.15, -0.1) is 0 Å². The second kappa shape index (κ2) is 7.57. The van der Waals surface area contributed by atoms with Crippen molar-refractivity contribution in [2.75, 3.05) is 5.73 Å². The van der Waals surface area contributed by atoms with E-state index in [0.29, 0.717) is 12.1 Å². The molecule has 0 unspecified atom stereocenters. The Labute approximate surface area is 170 Å². The standard InChI is InChI=1S/C14H6F17NO/c15-7(16,9(19,20)11(23,24)13(27,28)29)8(17,18)10(21,22)12(25,26)14(30,31)33-6-4-2-1-3-5(6)32/h1-4H,32H2. The molecule has 0 aliphatic heterocycles. The molecule has 0 atom stereocenters. The summed E-state index contributed by atoms with van der Waals surface area (Å²) in [5, 5.41) is 0. The van der Waals surface area contributed by atoms with Crippen LogP contribution in [0.5, 0.6) is 5.75 Å². The summed E-state index contributed by atoms with van der Waals surface area (Å²) in [5.74, 6) is -52.1. The van der Waals surface area contributed by atoms with Gasteiger partial charge in [0.2, 0.25) is 0 Å². The summed E-state index contributed by atoms with van der Waals surface area (Å²) in [7, 11) is 0. The molecule has 2 N–H and O–H groups in total. The zero-order chi connectivity index (χ0) is 26.7. The summed E-state index contributed by atoms with van der Waals surface area (Å²) < 4.78 is 225. The maximum Gasteiger partial charge on any atom is 0.471 e. The van der Waals surface area contributed by atoms with Gasteiger partial charge in [0, 0.05) is 0 Å². The van der Waals surface area contributed by atoms with Crippen LogP contribution < -0.4 is 10.5 Å². The second-order valence-electron chi connectivity index (χ2n) is 6.10. The molecule has 192 valence electrons. The van der Waals surface area contributed by atoms with Crippen LogP contribution in [-0.4, -0.2) is 47.8 Å². The first-order chi connectivity index (χ1) is 14.2. The van der Waals surface area contributed by atoms with Crippen molar-refractivity contribution in [3.8, 4) is 5.75 Å². The number of anilines is 1. The molecule has 0 aliphatic rings. The van der Waals surface area contributed by atoms with Crippen molar-refractivity contribution in [1.29, 1.82) is 0 Å². The zero-order valence-electron chi connectivity index (χ0n) is 14.7. The molecular formula is C14H6F17NO. The minimum atomic E-state index is -8.69. The SMILES string of the molecule is Nc1ccccc1OC(F)(F)C(F)(F)C(F)(F)C(F)(F)C(F)(F)C(F)(F)C(F)(F)C(F)(F)F. The van der Waals surface area contributed by atoms with Crippen molar-refractivity contribution in [2.24, 2.45) is 0 Å². The highest BCUT2D eigenvalue weighted by molar-refractivity contribution is 5.52. The van der Waals surface area contributed by atoms with Gasteiger partial charge in [0.15, 0.2) is 0 Å². The van der Waals surface area contributed by atoms with E-state index >= 15 is 0 Å². The number of hydrogen-bond acceptors (Lipinski definition) is 2. The van der Waals surface area contributed by atoms with E-state index in [2.05, 4.69) is 4.74 Å². The van der Waals surface area contributed by atoms with Gasteiger partial charge in [-0.3, -0.25) is 0 Å². The molecule has 0 spiro atoms. The lowest BCUT2D eigenvalue weighted by Crippen LogP contribution is -2.74. The summed E-state index contributed by atoms with van der Waals surface area (Å²) in [6.45, 7) is 0. The van der Waals surface area contributed by atoms with E-state index in [0.717, 1.165) is 6.07 Å². The van der Waals surface area contributed by atoms with Gasteiger partial charge in [-0.05, 0) is 12.1 Å². The number of rotatable bonds is 8. The highest BCUT2D eigenvalue weighted by atomic mass is 19.4. The molecule has 19 heteroatoms. The molecule has 1 aromatic rings. The van der Waals surface area contributed by atoms with Gasteiger partial charge >= 0.3 is 47.8 Å². The number of nitrogen functional groups attached to an aromatic ring is 1. The van der Waals surface area contributed by atoms with Crippen molar-refractivity contribution >= 4 is 5.69 Å². The summed E-state index contributed by atoms with van der Waals surface area (Å²) in [6.07, 6.45) is -14.8. The average molecular weight is 527 g/mol. The van der Waals surface area contributed by atoms with E-state index in [9.17, 15) is 74.6 Å². The molecule has 0 aliphatic carbocycles. The van der Waals surface area contributed by atoms with Crippen LogP contribution >= 0.6 is 0 Å². The fraction of sp³-hybridized carbons (Fsp3) is 0.571. The molecule has 0 amide bonds. The molecule has 0 aromatic heterocycles. The highest BCUT2D eigenvalue weighted by Gasteiger charge is 2.95. The van der Waals surface area contributed by atoms with Crippen LogP contribution in [0.1, 0.15) is 0 Å². The molecule has 0 saturated carbocycles. The zero-order valence-corrected chi connectivity index (χ0v) is 14.7. The fourth-order valence-electron chi connectivity index (χ4n) is 1.93. The Kier molecular flexibility index (Phi) is 6.58. The third-order valence-corrected chi connectivity index (χ3v) is 3.85. The molecule has 0 heterocycles. The first kappa shape index (κ1) is 28.7. The molecular weight excluding hydrogens is 521 g/mol. The minimum absolute atomic E-state index is 0.238. The molecule has 2 nitrogen and oxygen atoms in total. The predicted molar refractivity (Wildman–Crippen MR) is 72.2 cm³/mol. The lowest BCUT2D eigenvalue weighted by molar-refractivity contribution is -0.471. The number of benzene rings is 1. The number of nitrogens with two attached hydrogens (primary N) is 1. The van der Waals surface area contributed by atoms with Crippen molar-refractivity contribution in [2.45, 2.75) is 47.8 Å². The van der Waals surface area contributed by atoms with Gasteiger partial charge in [-0.2, -0.15) is 74.6 Å². The Bertz CT molecular complexity index is 860. The maximum absolute atomic E-state index is 13.6. The van der Waals surface area contributed by atoms with Gasteiger partial charge in [-0.1, -0.05) is 12.1 Å². The first-order valence-corrected chi connectivity index (χ1v) is 7.49. The van der Waals surface area contributed by atoms with Crippen LogP contribution in [-0.2, 0) is 0 Å². The topological polar surface area (TPSA) is 35.2 Å². The van der Waals surface area contributed by atoms with Crippen LogP contribution in [0.15, 0.2) is 24.3 Å². The van der Waals surface area contributed by atoms with Crippen molar-refractivity contribution in [3.63, 3.8) is 0 Å². The number of halogens is 17. The molecule has 1 rings (SSSR count). The normalized spacial score (nSPS) is 15.5. The number of ether oxygens (including phenoxy) is 1. The van der Waals surface area contributed by atoms with E-state index in [-0.39, 0.29) is 6.07 Å². The van der Waals surface area contributed by atoms with Crippen LogP contribution in [0.4, 0.5) is 80.3 Å². The number of para-hydroxylation sites is 2. The fourth-order valence-corrected chi connectivity index (χ4v) is 1.93. The Balaban J connectivity index is 3.61. The molecule has 0 saturated heterocycles. The van der Waals surface area contributed by atoms with Crippen molar-refractivity contribution in [1.82, 2.24) is 0 Å². The van der Waals surface area contributed by atoms with Gasteiger partial charge < -0.3 is 10.5 Å². The van der Waals surface area contributed by atoms with E-state index in [1.165, 1.54) is 0 Å². The van der Waals surface area contributed by atoms with Gasteiger partial charge in [0.25, 0.3) is 0 Å². The summed E-state index contributed by atoms with van der Waals surface area (Å²) >= 11 is 0. The van der Waals surface area contributed by atoms with Crippen LogP contribution in [0, 0.1) is 0 Å². The lowest BCUT2D eigenvalue weighted by Gasteiger charge is -2.42. The van der Waals surface area contributed by atoms with Crippen LogP contribution in [0.3, 0.4) is 0 Å². The number of alkyl halides is 17. The third kappa shape index (κ3) is 3.85. The Hall–Kier alpha value is -2.37. The quantitative estimate of drug-likeness (QED) is 0.305. The highest BCUT2D eigenvalue weighted by Crippen LogP contribution is 2.64. The van der Waals surface area contributed by atoms with Crippen LogP contribution in [0.25, 0.3) is 0 Å². The van der Waals surface area contributed by atoms with Gasteiger partial charge in [0.05, 0.1) is 5.69 Å². The van der Waals surface area contributed by atoms with E-state index < -0.39 is 59.3 Å². The van der Waals surface area contributed by atoms with Crippen molar-refractivity contribution < 1.29 is 79.4 Å². The molecule has 0 fully saturated rings. The van der Waals surface area contributed by atoms with E-state index in [1.54, 1.807) is 0 Å². The predicted octanol–water partition coefficient (Wildman–Crippen LogP) is 6.61. The summed E-state index contributed by atoms with van der Waals surface area (Å²) in [6, 6.07) is 2.40. The molecule has 0 bridgehead atoms. The van der Waals surface area contributed by atoms with E-state index in [1.807, 2.05) is 0 Å². The van der Waals surface area contributed by atoms with Crippen molar-refractivity contribution in [3.05, 3.63) is 24.3 Å². The molecule has 33 heavy (non-hydrogen) atoms. The van der Waals surface area contributed by atoms with Gasteiger partial charge in [-0.25, -0.2) is 0 Å².